The number of nitrogens with zero attached hydrogens (tertiary/aromatic N) is 2. The maximum absolute atomic E-state index is 12.3. The minimum Gasteiger partial charge on any atom is -0.265 e. The molecule has 2 aromatic rings. The Bertz CT molecular complexity index is 528. The number of para-hydroxylation sites is 1. The summed E-state index contributed by atoms with van der Waals surface area (Å²) in [6, 6.07) is 18.6. The Labute approximate surface area is 112 Å². The van der Waals surface area contributed by atoms with Gasteiger partial charge in [0.15, 0.2) is 0 Å². The van der Waals surface area contributed by atoms with Crippen molar-refractivity contribution in [1.82, 2.24) is 5.17 Å². The Hall–Kier alpha value is -2.33. The van der Waals surface area contributed by atoms with E-state index in [4.69, 9.17) is 4.84 Å². The lowest BCUT2D eigenvalue weighted by Crippen LogP contribution is -2.43. The summed E-state index contributed by atoms with van der Waals surface area (Å²) < 4.78 is 0. The van der Waals surface area contributed by atoms with Crippen LogP contribution in [0.1, 0.15) is 10.4 Å². The van der Waals surface area contributed by atoms with Gasteiger partial charge in [0.2, 0.25) is 0 Å². The first-order chi connectivity index (χ1) is 9.24. The van der Waals surface area contributed by atoms with Crippen LogP contribution < -0.4 is 5.01 Å². The lowest BCUT2D eigenvalue weighted by Gasteiger charge is -2.30. The second-order valence-electron chi connectivity index (χ2n) is 3.99. The molecule has 0 radical (unpaired) electrons. The SMILES string of the molecule is CON(C(=O)c1ccccc1)N(C)c1ccccc1. The lowest BCUT2D eigenvalue weighted by molar-refractivity contribution is -0.100. The third-order valence-electron chi connectivity index (χ3n) is 2.77. The molecule has 0 aliphatic rings. The molecule has 0 bridgehead atoms. The van der Waals surface area contributed by atoms with Crippen LogP contribution in [0.25, 0.3) is 0 Å². The van der Waals surface area contributed by atoms with Crippen LogP contribution in [0.3, 0.4) is 0 Å². The molecule has 0 N–H and O–H groups in total. The smallest absolute Gasteiger partial charge is 0.265 e. The van der Waals surface area contributed by atoms with Crippen molar-refractivity contribution < 1.29 is 9.63 Å². The summed E-state index contributed by atoms with van der Waals surface area (Å²) in [6.45, 7) is 0. The lowest BCUT2D eigenvalue weighted by atomic mass is 10.2. The van der Waals surface area contributed by atoms with Crippen LogP contribution in [-0.4, -0.2) is 25.2 Å². The molecule has 98 valence electrons. The summed E-state index contributed by atoms with van der Waals surface area (Å²) >= 11 is 0. The van der Waals surface area contributed by atoms with E-state index in [0.717, 1.165) is 5.69 Å². The van der Waals surface area contributed by atoms with Crippen LogP contribution in [0.4, 0.5) is 5.69 Å². The molecule has 2 rings (SSSR count). The van der Waals surface area contributed by atoms with Gasteiger partial charge >= 0.3 is 0 Å². The Morgan fingerprint density at radius 3 is 2.00 bits per heavy atom. The third-order valence-corrected chi connectivity index (χ3v) is 2.77. The predicted octanol–water partition coefficient (Wildman–Crippen LogP) is 2.74. The largest absolute Gasteiger partial charge is 0.297 e. The minimum atomic E-state index is -0.213. The van der Waals surface area contributed by atoms with Crippen molar-refractivity contribution in [3.8, 4) is 0 Å². The zero-order valence-electron chi connectivity index (χ0n) is 11.0. The molecule has 0 spiro atoms. The van der Waals surface area contributed by atoms with E-state index < -0.39 is 0 Å². The summed E-state index contributed by atoms with van der Waals surface area (Å²) in [6.07, 6.45) is 0. The van der Waals surface area contributed by atoms with Crippen molar-refractivity contribution in [1.29, 1.82) is 0 Å². The first-order valence-electron chi connectivity index (χ1n) is 5.96. The summed E-state index contributed by atoms with van der Waals surface area (Å²) in [5.74, 6) is -0.213. The zero-order chi connectivity index (χ0) is 13.7. The molecule has 0 aliphatic carbocycles. The maximum atomic E-state index is 12.3. The summed E-state index contributed by atoms with van der Waals surface area (Å²) in [5.41, 5.74) is 1.45. The van der Waals surface area contributed by atoms with E-state index in [1.807, 2.05) is 48.5 Å². The number of hydrazine groups is 1. The van der Waals surface area contributed by atoms with Crippen LogP contribution in [0.5, 0.6) is 0 Å². The van der Waals surface area contributed by atoms with E-state index in [1.54, 1.807) is 24.2 Å². The van der Waals surface area contributed by atoms with Crippen molar-refractivity contribution in [2.45, 2.75) is 0 Å². The second kappa shape index (κ2) is 6.02. The molecule has 0 fully saturated rings. The van der Waals surface area contributed by atoms with Crippen LogP contribution >= 0.6 is 0 Å². The number of anilines is 1. The van der Waals surface area contributed by atoms with Gasteiger partial charge in [0.05, 0.1) is 12.8 Å². The van der Waals surface area contributed by atoms with Crippen molar-refractivity contribution in [3.63, 3.8) is 0 Å². The second-order valence-corrected chi connectivity index (χ2v) is 3.99. The summed E-state index contributed by atoms with van der Waals surface area (Å²) in [7, 11) is 3.25. The molecule has 19 heavy (non-hydrogen) atoms. The van der Waals surface area contributed by atoms with Crippen molar-refractivity contribution in [2.75, 3.05) is 19.2 Å². The molecule has 2 aromatic carbocycles. The van der Waals surface area contributed by atoms with Crippen LogP contribution in [0.15, 0.2) is 60.7 Å². The number of rotatable bonds is 4. The van der Waals surface area contributed by atoms with Gasteiger partial charge in [-0.3, -0.25) is 14.6 Å². The van der Waals surface area contributed by atoms with E-state index in [1.165, 1.54) is 12.3 Å². The van der Waals surface area contributed by atoms with Gasteiger partial charge < -0.3 is 0 Å². The Balaban J connectivity index is 2.23. The first-order valence-corrected chi connectivity index (χ1v) is 5.96. The van der Waals surface area contributed by atoms with Gasteiger partial charge in [-0.15, -0.1) is 5.17 Å². The number of hydrogen-bond donors (Lipinski definition) is 0. The van der Waals surface area contributed by atoms with E-state index in [9.17, 15) is 4.79 Å². The van der Waals surface area contributed by atoms with E-state index >= 15 is 0 Å². The standard InChI is InChI=1S/C15H16N2O2/c1-16(14-11-7-4-8-12-14)17(19-2)15(18)13-9-5-3-6-10-13/h3-12H,1-2H3. The highest BCUT2D eigenvalue weighted by molar-refractivity contribution is 5.94. The molecule has 1 amide bonds. The van der Waals surface area contributed by atoms with Gasteiger partial charge in [0.25, 0.3) is 5.91 Å². The highest BCUT2D eigenvalue weighted by Crippen LogP contribution is 2.16. The third kappa shape index (κ3) is 2.92. The van der Waals surface area contributed by atoms with Gasteiger partial charge in [-0.05, 0) is 24.3 Å². The van der Waals surface area contributed by atoms with Gasteiger partial charge in [-0.1, -0.05) is 36.4 Å². The highest BCUT2D eigenvalue weighted by atomic mass is 16.7. The topological polar surface area (TPSA) is 32.8 Å². The number of carbonyl (C=O) groups is 1. The fraction of sp³-hybridized carbons (Fsp3) is 0.133. The molecule has 0 heterocycles. The van der Waals surface area contributed by atoms with Crippen molar-refractivity contribution >= 4 is 11.6 Å². The zero-order valence-corrected chi connectivity index (χ0v) is 11.0. The fourth-order valence-electron chi connectivity index (χ4n) is 1.78. The number of benzene rings is 2. The molecule has 4 heteroatoms. The Morgan fingerprint density at radius 1 is 0.947 bits per heavy atom. The molecule has 0 saturated carbocycles. The number of hydrogen-bond acceptors (Lipinski definition) is 3. The Morgan fingerprint density at radius 2 is 1.47 bits per heavy atom. The average molecular weight is 256 g/mol. The van der Waals surface area contributed by atoms with Crippen LogP contribution in [-0.2, 0) is 4.84 Å². The normalized spacial score (nSPS) is 10.0. The quantitative estimate of drug-likeness (QED) is 0.788. The monoisotopic (exact) mass is 256 g/mol. The van der Waals surface area contributed by atoms with E-state index in [0.29, 0.717) is 5.56 Å². The van der Waals surface area contributed by atoms with Gasteiger partial charge in [0.1, 0.15) is 0 Å². The van der Waals surface area contributed by atoms with Crippen molar-refractivity contribution in [2.24, 2.45) is 0 Å². The molecule has 0 atom stereocenters. The van der Waals surface area contributed by atoms with Crippen LogP contribution in [0.2, 0.25) is 0 Å². The maximum Gasteiger partial charge on any atom is 0.297 e. The fourth-order valence-corrected chi connectivity index (χ4v) is 1.78. The first kappa shape index (κ1) is 13.1. The van der Waals surface area contributed by atoms with Gasteiger partial charge in [-0.2, -0.15) is 0 Å². The summed E-state index contributed by atoms with van der Waals surface area (Å²) in [4.78, 5) is 17.5. The van der Waals surface area contributed by atoms with Crippen LogP contribution in [0, 0.1) is 0 Å². The molecule has 4 nitrogen and oxygen atoms in total. The molecular formula is C15H16N2O2. The number of amides is 1. The number of hydroxylamine groups is 1. The average Bonchev–Trinajstić information content (AvgIpc) is 2.49. The van der Waals surface area contributed by atoms with E-state index in [-0.39, 0.29) is 5.91 Å². The Kier molecular flexibility index (Phi) is 4.15. The summed E-state index contributed by atoms with van der Waals surface area (Å²) in [5, 5.41) is 2.89. The molecular weight excluding hydrogens is 240 g/mol. The van der Waals surface area contributed by atoms with Gasteiger partial charge in [0, 0.05) is 12.6 Å². The minimum absolute atomic E-state index is 0.213. The number of carbonyl (C=O) groups excluding carboxylic acids is 1. The molecule has 0 aromatic heterocycles. The molecule has 0 unspecified atom stereocenters. The highest BCUT2D eigenvalue weighted by Gasteiger charge is 2.20. The van der Waals surface area contributed by atoms with Crippen molar-refractivity contribution in [3.05, 3.63) is 66.2 Å². The van der Waals surface area contributed by atoms with E-state index in [2.05, 4.69) is 0 Å². The molecule has 0 saturated heterocycles. The van der Waals surface area contributed by atoms with Gasteiger partial charge in [-0.25, -0.2) is 0 Å². The molecule has 0 aliphatic heterocycles. The predicted molar refractivity (Wildman–Crippen MR) is 74.5 cm³/mol.